The molecule has 0 saturated carbocycles. The van der Waals surface area contributed by atoms with Gasteiger partial charge in [0.1, 0.15) is 0 Å². The molecule has 0 aromatic carbocycles. The number of fused-ring (bicyclic) bond motifs is 1. The average Bonchev–Trinajstić information content (AvgIpc) is 2.10. The molecule has 0 unspecified atom stereocenters. The van der Waals surface area contributed by atoms with E-state index in [4.69, 9.17) is 0 Å². The first-order valence-electron chi connectivity index (χ1n) is 5.13. The molecule has 0 aliphatic heterocycles. The lowest BCUT2D eigenvalue weighted by Crippen LogP contribution is -2.33. The van der Waals surface area contributed by atoms with Crippen molar-refractivity contribution in [3.63, 3.8) is 0 Å². The number of ketones is 1. The molecule has 1 heterocycles. The summed E-state index contributed by atoms with van der Waals surface area (Å²) in [4.78, 5) is 23.3. The Morgan fingerprint density at radius 1 is 1.20 bits per heavy atom. The van der Waals surface area contributed by atoms with Crippen LogP contribution in [0.5, 0.6) is 0 Å². The minimum Gasteiger partial charge on any atom is -0.315 e. The molecule has 1 aliphatic carbocycles. The number of Topliss-reactive ketones (excluding diaryl/α,β-unsaturated/α-hetero) is 1. The molecule has 80 valence electrons. The smallest absolute Gasteiger partial charge is 0.250 e. The van der Waals surface area contributed by atoms with Crippen LogP contribution in [0.3, 0.4) is 0 Å². The van der Waals surface area contributed by atoms with Gasteiger partial charge < -0.3 is 4.57 Å². The topological polar surface area (TPSA) is 39.1 Å². The summed E-state index contributed by atoms with van der Waals surface area (Å²) in [5, 5.41) is 0. The van der Waals surface area contributed by atoms with Crippen molar-refractivity contribution in [3.05, 3.63) is 33.7 Å². The second kappa shape index (κ2) is 3.05. The molecule has 0 atom stereocenters. The molecule has 1 aromatic heterocycles. The highest BCUT2D eigenvalue weighted by molar-refractivity contribution is 5.98. The third-order valence-corrected chi connectivity index (χ3v) is 3.02. The van der Waals surface area contributed by atoms with E-state index in [1.165, 1.54) is 6.07 Å². The van der Waals surface area contributed by atoms with E-state index in [9.17, 15) is 9.59 Å². The van der Waals surface area contributed by atoms with Gasteiger partial charge in [0.05, 0.1) is 0 Å². The van der Waals surface area contributed by atoms with Gasteiger partial charge in [-0.2, -0.15) is 0 Å². The normalized spacial score (nSPS) is 18.7. The summed E-state index contributed by atoms with van der Waals surface area (Å²) < 4.78 is 1.59. The van der Waals surface area contributed by atoms with Crippen molar-refractivity contribution in [2.45, 2.75) is 26.7 Å². The highest BCUT2D eigenvalue weighted by atomic mass is 16.1. The number of rotatable bonds is 0. The van der Waals surface area contributed by atoms with Crippen molar-refractivity contribution in [1.29, 1.82) is 0 Å². The van der Waals surface area contributed by atoms with E-state index in [2.05, 4.69) is 13.8 Å². The van der Waals surface area contributed by atoms with Gasteiger partial charge in [-0.3, -0.25) is 9.59 Å². The number of carbonyl (C=O) groups excluding carboxylic acids is 1. The van der Waals surface area contributed by atoms with E-state index < -0.39 is 0 Å². The van der Waals surface area contributed by atoms with Crippen molar-refractivity contribution in [1.82, 2.24) is 4.57 Å². The summed E-state index contributed by atoms with van der Waals surface area (Å²) in [5.74, 6) is 0.150. The third kappa shape index (κ3) is 1.62. The molecular formula is C12H15NO2. The fraction of sp³-hybridized carbons (Fsp3) is 0.500. The zero-order chi connectivity index (χ0) is 11.2. The van der Waals surface area contributed by atoms with E-state index in [0.29, 0.717) is 6.42 Å². The molecule has 0 saturated heterocycles. The Morgan fingerprint density at radius 3 is 2.53 bits per heavy atom. The van der Waals surface area contributed by atoms with Crippen molar-refractivity contribution in [2.75, 3.05) is 0 Å². The largest absolute Gasteiger partial charge is 0.315 e. The van der Waals surface area contributed by atoms with Crippen LogP contribution in [0.2, 0.25) is 0 Å². The molecule has 0 radical (unpaired) electrons. The van der Waals surface area contributed by atoms with Crippen LogP contribution in [0.15, 0.2) is 16.9 Å². The molecular weight excluding hydrogens is 190 g/mol. The van der Waals surface area contributed by atoms with Crippen LogP contribution >= 0.6 is 0 Å². The molecule has 3 nitrogen and oxygen atoms in total. The minimum absolute atomic E-state index is 0.0321. The lowest BCUT2D eigenvalue weighted by molar-refractivity contribution is 0.0908. The van der Waals surface area contributed by atoms with Gasteiger partial charge in [-0.25, -0.2) is 0 Å². The summed E-state index contributed by atoms with van der Waals surface area (Å²) in [6.07, 6.45) is 1.36. The summed E-state index contributed by atoms with van der Waals surface area (Å²) in [7, 11) is 1.73. The molecule has 1 aromatic rings. The standard InChI is InChI=1S/C12H15NO2/c1-12(2)6-9-8(10(14)7-12)4-5-11(15)13(9)3/h4-5H,6-7H2,1-3H3. The fourth-order valence-corrected chi connectivity index (χ4v) is 2.19. The number of nitrogens with zero attached hydrogens (tertiary/aromatic N) is 1. The molecule has 2 rings (SSSR count). The van der Waals surface area contributed by atoms with E-state index in [-0.39, 0.29) is 16.8 Å². The van der Waals surface area contributed by atoms with Crippen LogP contribution in [0.4, 0.5) is 0 Å². The van der Waals surface area contributed by atoms with Crippen LogP contribution in [-0.2, 0) is 13.5 Å². The zero-order valence-corrected chi connectivity index (χ0v) is 9.33. The van der Waals surface area contributed by atoms with Crippen LogP contribution in [0, 0.1) is 5.41 Å². The van der Waals surface area contributed by atoms with Gasteiger partial charge in [-0.1, -0.05) is 13.8 Å². The predicted octanol–water partition coefficient (Wildman–Crippen LogP) is 1.54. The quantitative estimate of drug-likeness (QED) is 0.644. The first kappa shape index (κ1) is 10.1. The molecule has 1 aliphatic rings. The van der Waals surface area contributed by atoms with E-state index in [1.54, 1.807) is 17.7 Å². The average molecular weight is 205 g/mol. The number of pyridine rings is 1. The fourth-order valence-electron chi connectivity index (χ4n) is 2.19. The Hall–Kier alpha value is -1.38. The first-order chi connectivity index (χ1) is 6.91. The second-order valence-corrected chi connectivity index (χ2v) is 5.03. The summed E-state index contributed by atoms with van der Waals surface area (Å²) in [6.45, 7) is 4.12. The Morgan fingerprint density at radius 2 is 1.87 bits per heavy atom. The second-order valence-electron chi connectivity index (χ2n) is 5.03. The van der Waals surface area contributed by atoms with Crippen molar-refractivity contribution in [2.24, 2.45) is 12.5 Å². The lowest BCUT2D eigenvalue weighted by Gasteiger charge is -2.31. The predicted molar refractivity (Wildman–Crippen MR) is 58.1 cm³/mol. The Balaban J connectivity index is 2.66. The van der Waals surface area contributed by atoms with Crippen molar-refractivity contribution >= 4 is 5.78 Å². The molecule has 15 heavy (non-hydrogen) atoms. The van der Waals surface area contributed by atoms with Gasteiger partial charge in [0.25, 0.3) is 0 Å². The Labute approximate surface area is 88.7 Å². The summed E-state index contributed by atoms with van der Waals surface area (Å²) >= 11 is 0. The lowest BCUT2D eigenvalue weighted by atomic mass is 9.75. The Kier molecular flexibility index (Phi) is 2.07. The van der Waals surface area contributed by atoms with E-state index >= 15 is 0 Å². The van der Waals surface area contributed by atoms with Gasteiger partial charge in [0.2, 0.25) is 5.56 Å². The van der Waals surface area contributed by atoms with Gasteiger partial charge in [-0.15, -0.1) is 0 Å². The van der Waals surface area contributed by atoms with Gasteiger partial charge >= 0.3 is 0 Å². The SMILES string of the molecule is Cn1c2c(ccc1=O)C(=O)CC(C)(C)C2. The Bertz CT molecular complexity index is 483. The van der Waals surface area contributed by atoms with Crippen molar-refractivity contribution in [3.8, 4) is 0 Å². The number of carbonyl (C=O) groups is 1. The molecule has 0 fully saturated rings. The maximum absolute atomic E-state index is 11.8. The van der Waals surface area contributed by atoms with Gasteiger partial charge in [-0.05, 0) is 17.9 Å². The molecule has 0 amide bonds. The minimum atomic E-state index is -0.0424. The third-order valence-electron chi connectivity index (χ3n) is 3.02. The highest BCUT2D eigenvalue weighted by Crippen LogP contribution is 2.33. The summed E-state index contributed by atoms with van der Waals surface area (Å²) in [6, 6.07) is 3.13. The molecule has 0 spiro atoms. The summed E-state index contributed by atoms with van der Waals surface area (Å²) in [5.41, 5.74) is 1.52. The van der Waals surface area contributed by atoms with Crippen LogP contribution in [0.1, 0.15) is 36.3 Å². The first-order valence-corrected chi connectivity index (χ1v) is 5.13. The monoisotopic (exact) mass is 205 g/mol. The van der Waals surface area contributed by atoms with Crippen LogP contribution < -0.4 is 5.56 Å². The molecule has 0 bridgehead atoms. The van der Waals surface area contributed by atoms with Gasteiger partial charge in [0.15, 0.2) is 5.78 Å². The maximum atomic E-state index is 11.8. The van der Waals surface area contributed by atoms with E-state index in [1.807, 2.05) is 0 Å². The zero-order valence-electron chi connectivity index (χ0n) is 9.33. The van der Waals surface area contributed by atoms with Crippen LogP contribution in [0.25, 0.3) is 0 Å². The highest BCUT2D eigenvalue weighted by Gasteiger charge is 2.32. The molecule has 0 N–H and O–H groups in total. The van der Waals surface area contributed by atoms with Crippen LogP contribution in [-0.4, -0.2) is 10.4 Å². The van der Waals surface area contributed by atoms with E-state index in [0.717, 1.165) is 17.7 Å². The number of hydrogen-bond donors (Lipinski definition) is 0. The number of aromatic nitrogens is 1. The molecule has 3 heteroatoms. The maximum Gasteiger partial charge on any atom is 0.250 e. The van der Waals surface area contributed by atoms with Gasteiger partial charge in [0, 0.05) is 30.8 Å². The number of hydrogen-bond acceptors (Lipinski definition) is 2. The van der Waals surface area contributed by atoms with Crippen molar-refractivity contribution < 1.29 is 4.79 Å².